The van der Waals surface area contributed by atoms with Gasteiger partial charge in [0.1, 0.15) is 0 Å². The quantitative estimate of drug-likeness (QED) is 0.470. The second kappa shape index (κ2) is 6.93. The van der Waals surface area contributed by atoms with Crippen molar-refractivity contribution in [1.29, 1.82) is 0 Å². The molecule has 0 fully saturated rings. The molecule has 0 saturated heterocycles. The summed E-state index contributed by atoms with van der Waals surface area (Å²) in [6.07, 6.45) is 4.75. The fraction of sp³-hybridized carbons (Fsp3) is 0.909. The standard InChI is InChI=1S/C11H22O2/c1-9(2)7-5-6-8-10(3)13-11(4)12/h9-10H,5-8H2,1-4H3. The maximum absolute atomic E-state index is 10.6. The highest BCUT2D eigenvalue weighted by Gasteiger charge is 2.04. The fourth-order valence-electron chi connectivity index (χ4n) is 1.33. The van der Waals surface area contributed by atoms with Gasteiger partial charge in [-0.05, 0) is 25.7 Å². The second-order valence-corrected chi connectivity index (χ2v) is 4.10. The van der Waals surface area contributed by atoms with Gasteiger partial charge in [-0.1, -0.05) is 26.7 Å². The Labute approximate surface area is 81.7 Å². The number of hydrogen-bond donors (Lipinski definition) is 0. The average Bonchev–Trinajstić information content (AvgIpc) is 1.96. The van der Waals surface area contributed by atoms with Gasteiger partial charge in [-0.2, -0.15) is 0 Å². The second-order valence-electron chi connectivity index (χ2n) is 4.10. The zero-order valence-electron chi connectivity index (χ0n) is 9.30. The van der Waals surface area contributed by atoms with Crippen molar-refractivity contribution in [2.45, 2.75) is 59.5 Å². The summed E-state index contributed by atoms with van der Waals surface area (Å²) in [4.78, 5) is 10.6. The molecule has 0 rings (SSSR count). The van der Waals surface area contributed by atoms with Gasteiger partial charge in [0.25, 0.3) is 0 Å². The van der Waals surface area contributed by atoms with Crippen molar-refractivity contribution >= 4 is 5.97 Å². The number of unbranched alkanes of at least 4 members (excludes halogenated alkanes) is 1. The Morgan fingerprint density at radius 1 is 1.15 bits per heavy atom. The molecule has 0 aromatic heterocycles. The van der Waals surface area contributed by atoms with Crippen molar-refractivity contribution in [1.82, 2.24) is 0 Å². The zero-order valence-corrected chi connectivity index (χ0v) is 9.30. The molecule has 0 heterocycles. The molecule has 0 aliphatic heterocycles. The molecule has 0 aliphatic rings. The van der Waals surface area contributed by atoms with Crippen LogP contribution >= 0.6 is 0 Å². The van der Waals surface area contributed by atoms with E-state index in [9.17, 15) is 4.79 Å². The largest absolute Gasteiger partial charge is 0.463 e. The van der Waals surface area contributed by atoms with E-state index in [4.69, 9.17) is 4.74 Å². The predicted octanol–water partition coefficient (Wildman–Crippen LogP) is 3.15. The smallest absolute Gasteiger partial charge is 0.302 e. The Hall–Kier alpha value is -0.530. The molecule has 0 aromatic carbocycles. The normalized spacial score (nSPS) is 13.0. The molecule has 0 aliphatic carbocycles. The van der Waals surface area contributed by atoms with Gasteiger partial charge in [-0.25, -0.2) is 0 Å². The molecule has 0 N–H and O–H groups in total. The molecule has 0 aromatic rings. The Balaban J connectivity index is 3.26. The molecule has 78 valence electrons. The Kier molecular flexibility index (Phi) is 6.65. The number of rotatable bonds is 6. The van der Waals surface area contributed by atoms with Crippen LogP contribution in [0.2, 0.25) is 0 Å². The van der Waals surface area contributed by atoms with E-state index in [1.165, 1.54) is 19.8 Å². The van der Waals surface area contributed by atoms with Crippen LogP contribution in [0.4, 0.5) is 0 Å². The third-order valence-electron chi connectivity index (χ3n) is 2.01. The first kappa shape index (κ1) is 12.5. The Morgan fingerprint density at radius 3 is 2.15 bits per heavy atom. The number of ether oxygens (including phenoxy) is 1. The lowest BCUT2D eigenvalue weighted by Gasteiger charge is -2.11. The highest BCUT2D eigenvalue weighted by molar-refractivity contribution is 5.66. The molecule has 0 bridgehead atoms. The summed E-state index contributed by atoms with van der Waals surface area (Å²) in [5.41, 5.74) is 0. The van der Waals surface area contributed by atoms with Crippen molar-refractivity contribution in [2.24, 2.45) is 5.92 Å². The van der Waals surface area contributed by atoms with Gasteiger partial charge >= 0.3 is 5.97 Å². The minimum absolute atomic E-state index is 0.0877. The SMILES string of the molecule is CC(=O)OC(C)CCCCC(C)C. The molecule has 13 heavy (non-hydrogen) atoms. The van der Waals surface area contributed by atoms with E-state index in [2.05, 4.69) is 13.8 Å². The van der Waals surface area contributed by atoms with E-state index >= 15 is 0 Å². The Bertz CT molecular complexity index is 141. The molecule has 1 unspecified atom stereocenters. The van der Waals surface area contributed by atoms with Crippen LogP contribution in [-0.2, 0) is 9.53 Å². The van der Waals surface area contributed by atoms with Gasteiger partial charge in [0.2, 0.25) is 0 Å². The molecule has 0 saturated carbocycles. The van der Waals surface area contributed by atoms with Gasteiger partial charge in [-0.3, -0.25) is 4.79 Å². The van der Waals surface area contributed by atoms with Gasteiger partial charge in [0.05, 0.1) is 6.10 Å². The van der Waals surface area contributed by atoms with Crippen molar-refractivity contribution in [3.05, 3.63) is 0 Å². The van der Waals surface area contributed by atoms with Crippen LogP contribution in [0.25, 0.3) is 0 Å². The number of esters is 1. The minimum atomic E-state index is -0.170. The van der Waals surface area contributed by atoms with E-state index in [1.54, 1.807) is 0 Å². The minimum Gasteiger partial charge on any atom is -0.463 e. The lowest BCUT2D eigenvalue weighted by atomic mass is 10.0. The molecule has 1 atom stereocenters. The fourth-order valence-corrected chi connectivity index (χ4v) is 1.33. The van der Waals surface area contributed by atoms with E-state index in [1.807, 2.05) is 6.92 Å². The molecule has 0 radical (unpaired) electrons. The molecule has 0 spiro atoms. The van der Waals surface area contributed by atoms with Gasteiger partial charge in [-0.15, -0.1) is 0 Å². The van der Waals surface area contributed by atoms with Crippen molar-refractivity contribution < 1.29 is 9.53 Å². The first-order chi connectivity index (χ1) is 6.02. The van der Waals surface area contributed by atoms with Crippen LogP contribution < -0.4 is 0 Å². The molecular formula is C11H22O2. The van der Waals surface area contributed by atoms with Crippen molar-refractivity contribution in [2.75, 3.05) is 0 Å². The summed E-state index contributed by atoms with van der Waals surface area (Å²) in [7, 11) is 0. The molecular weight excluding hydrogens is 164 g/mol. The number of carbonyl (C=O) groups is 1. The highest BCUT2D eigenvalue weighted by atomic mass is 16.5. The molecule has 2 nitrogen and oxygen atoms in total. The third-order valence-corrected chi connectivity index (χ3v) is 2.01. The monoisotopic (exact) mass is 186 g/mol. The topological polar surface area (TPSA) is 26.3 Å². The zero-order chi connectivity index (χ0) is 10.3. The van der Waals surface area contributed by atoms with Gasteiger partial charge < -0.3 is 4.74 Å². The first-order valence-electron chi connectivity index (χ1n) is 5.19. The van der Waals surface area contributed by atoms with E-state index in [0.717, 1.165) is 18.8 Å². The summed E-state index contributed by atoms with van der Waals surface area (Å²) < 4.78 is 5.02. The van der Waals surface area contributed by atoms with Crippen molar-refractivity contribution in [3.8, 4) is 0 Å². The molecule has 2 heteroatoms. The lowest BCUT2D eigenvalue weighted by molar-refractivity contribution is -0.145. The van der Waals surface area contributed by atoms with E-state index < -0.39 is 0 Å². The van der Waals surface area contributed by atoms with E-state index in [0.29, 0.717) is 0 Å². The summed E-state index contributed by atoms with van der Waals surface area (Å²) in [5, 5.41) is 0. The summed E-state index contributed by atoms with van der Waals surface area (Å²) in [6, 6.07) is 0. The van der Waals surface area contributed by atoms with Crippen LogP contribution in [0, 0.1) is 5.92 Å². The van der Waals surface area contributed by atoms with Crippen molar-refractivity contribution in [3.63, 3.8) is 0 Å². The predicted molar refractivity (Wildman–Crippen MR) is 54.5 cm³/mol. The molecule has 0 amide bonds. The highest BCUT2D eigenvalue weighted by Crippen LogP contribution is 2.10. The van der Waals surface area contributed by atoms with Crippen LogP contribution in [-0.4, -0.2) is 12.1 Å². The maximum Gasteiger partial charge on any atom is 0.302 e. The van der Waals surface area contributed by atoms with Crippen LogP contribution in [0.1, 0.15) is 53.4 Å². The van der Waals surface area contributed by atoms with Gasteiger partial charge in [0.15, 0.2) is 0 Å². The number of hydrogen-bond acceptors (Lipinski definition) is 2. The van der Waals surface area contributed by atoms with Crippen LogP contribution in [0.3, 0.4) is 0 Å². The lowest BCUT2D eigenvalue weighted by Crippen LogP contribution is -2.11. The summed E-state index contributed by atoms with van der Waals surface area (Å²) >= 11 is 0. The van der Waals surface area contributed by atoms with E-state index in [-0.39, 0.29) is 12.1 Å². The Morgan fingerprint density at radius 2 is 1.69 bits per heavy atom. The summed E-state index contributed by atoms with van der Waals surface area (Å²) in [5.74, 6) is 0.611. The van der Waals surface area contributed by atoms with Gasteiger partial charge in [0, 0.05) is 6.92 Å². The summed E-state index contributed by atoms with van der Waals surface area (Å²) in [6.45, 7) is 7.88. The third kappa shape index (κ3) is 9.38. The van der Waals surface area contributed by atoms with Crippen LogP contribution in [0.15, 0.2) is 0 Å². The maximum atomic E-state index is 10.6. The average molecular weight is 186 g/mol. The number of carbonyl (C=O) groups excluding carboxylic acids is 1. The first-order valence-corrected chi connectivity index (χ1v) is 5.19. The van der Waals surface area contributed by atoms with Crippen LogP contribution in [0.5, 0.6) is 0 Å².